The van der Waals surface area contributed by atoms with Crippen LogP contribution in [-0.2, 0) is 6.54 Å². The number of hydrogen-bond donors (Lipinski definition) is 2. The van der Waals surface area contributed by atoms with E-state index in [-0.39, 0.29) is 5.82 Å². The Labute approximate surface area is 96.0 Å². The summed E-state index contributed by atoms with van der Waals surface area (Å²) in [6.07, 6.45) is 4.37. The predicted molar refractivity (Wildman–Crippen MR) is 63.5 cm³/mol. The number of hydrogen-bond acceptors (Lipinski definition) is 2. The monoisotopic (exact) mass is 222 g/mol. The molecule has 0 radical (unpaired) electrons. The van der Waals surface area contributed by atoms with E-state index in [1.807, 2.05) is 12.1 Å². The second kappa shape index (κ2) is 5.41. The van der Waals surface area contributed by atoms with Crippen LogP contribution in [0.25, 0.3) is 0 Å². The Balaban J connectivity index is 1.81. The third-order valence-corrected chi connectivity index (χ3v) is 3.31. The molecular formula is C13H19FN2. The molecule has 1 aliphatic rings. The molecule has 2 nitrogen and oxygen atoms in total. The minimum Gasteiger partial charge on any atom is -0.328 e. The molecule has 0 spiro atoms. The molecule has 16 heavy (non-hydrogen) atoms. The Morgan fingerprint density at radius 1 is 1.19 bits per heavy atom. The zero-order valence-corrected chi connectivity index (χ0v) is 9.45. The largest absolute Gasteiger partial charge is 0.328 e. The van der Waals surface area contributed by atoms with Crippen LogP contribution in [0.15, 0.2) is 24.3 Å². The van der Waals surface area contributed by atoms with Crippen molar-refractivity contribution in [3.8, 4) is 0 Å². The fourth-order valence-electron chi connectivity index (χ4n) is 2.22. The molecule has 1 fully saturated rings. The van der Waals surface area contributed by atoms with Crippen molar-refractivity contribution < 1.29 is 4.39 Å². The van der Waals surface area contributed by atoms with Gasteiger partial charge in [-0.15, -0.1) is 0 Å². The summed E-state index contributed by atoms with van der Waals surface area (Å²) < 4.78 is 13.3. The molecule has 1 aliphatic carbocycles. The summed E-state index contributed by atoms with van der Waals surface area (Å²) in [5, 5.41) is 3.40. The van der Waals surface area contributed by atoms with E-state index in [0.717, 1.165) is 31.2 Å². The average molecular weight is 222 g/mol. The summed E-state index contributed by atoms with van der Waals surface area (Å²) in [5.41, 5.74) is 6.59. The molecule has 1 aromatic rings. The molecule has 0 heterocycles. The molecule has 1 aromatic carbocycles. The summed E-state index contributed by atoms with van der Waals surface area (Å²) >= 11 is 0. The third-order valence-electron chi connectivity index (χ3n) is 3.31. The predicted octanol–water partition coefficient (Wildman–Crippen LogP) is 2.19. The first-order valence-corrected chi connectivity index (χ1v) is 5.98. The van der Waals surface area contributed by atoms with Gasteiger partial charge in [0.2, 0.25) is 0 Å². The molecule has 2 rings (SSSR count). The molecule has 1 saturated carbocycles. The van der Waals surface area contributed by atoms with Gasteiger partial charge in [0, 0.05) is 24.2 Å². The zero-order valence-electron chi connectivity index (χ0n) is 9.45. The fourth-order valence-corrected chi connectivity index (χ4v) is 2.22. The van der Waals surface area contributed by atoms with Crippen LogP contribution >= 0.6 is 0 Å². The lowest BCUT2D eigenvalue weighted by Gasteiger charge is -2.27. The summed E-state index contributed by atoms with van der Waals surface area (Å²) in [7, 11) is 0. The lowest BCUT2D eigenvalue weighted by Crippen LogP contribution is -2.37. The highest BCUT2D eigenvalue weighted by atomic mass is 19.1. The minimum absolute atomic E-state index is 0.123. The van der Waals surface area contributed by atoms with Gasteiger partial charge in [-0.25, -0.2) is 4.39 Å². The van der Waals surface area contributed by atoms with Crippen LogP contribution in [0.2, 0.25) is 0 Å². The first-order chi connectivity index (χ1) is 7.75. The second-order valence-corrected chi connectivity index (χ2v) is 4.58. The lowest BCUT2D eigenvalue weighted by atomic mass is 9.92. The molecule has 3 N–H and O–H groups in total. The van der Waals surface area contributed by atoms with Crippen LogP contribution in [0, 0.1) is 5.82 Å². The Hall–Kier alpha value is -0.930. The Bertz CT molecular complexity index is 332. The van der Waals surface area contributed by atoms with Gasteiger partial charge in [-0.2, -0.15) is 0 Å². The zero-order chi connectivity index (χ0) is 11.4. The Morgan fingerprint density at radius 3 is 2.56 bits per heavy atom. The number of nitrogens with one attached hydrogen (secondary N) is 1. The van der Waals surface area contributed by atoms with Gasteiger partial charge in [-0.3, -0.25) is 0 Å². The first-order valence-electron chi connectivity index (χ1n) is 5.98. The molecule has 0 aliphatic heterocycles. The van der Waals surface area contributed by atoms with Gasteiger partial charge in [-0.1, -0.05) is 18.2 Å². The van der Waals surface area contributed by atoms with Crippen molar-refractivity contribution in [2.24, 2.45) is 5.73 Å². The second-order valence-electron chi connectivity index (χ2n) is 4.58. The maximum Gasteiger partial charge on any atom is 0.127 e. The van der Waals surface area contributed by atoms with Crippen molar-refractivity contribution >= 4 is 0 Å². The summed E-state index contributed by atoms with van der Waals surface area (Å²) in [6.45, 7) is 0.618. The van der Waals surface area contributed by atoms with Gasteiger partial charge in [0.05, 0.1) is 0 Å². The van der Waals surface area contributed by atoms with Gasteiger partial charge in [0.1, 0.15) is 5.82 Å². The summed E-state index contributed by atoms with van der Waals surface area (Å²) in [6, 6.07) is 7.80. The third kappa shape index (κ3) is 3.03. The molecule has 0 amide bonds. The molecular weight excluding hydrogens is 203 g/mol. The highest BCUT2D eigenvalue weighted by Crippen LogP contribution is 2.17. The number of halogens is 1. The van der Waals surface area contributed by atoms with Crippen molar-refractivity contribution in [2.75, 3.05) is 0 Å². The van der Waals surface area contributed by atoms with E-state index in [2.05, 4.69) is 5.32 Å². The van der Waals surface area contributed by atoms with Crippen molar-refractivity contribution in [1.82, 2.24) is 5.32 Å². The fraction of sp³-hybridized carbons (Fsp3) is 0.538. The maximum absolute atomic E-state index is 13.3. The molecule has 0 atom stereocenters. The van der Waals surface area contributed by atoms with Crippen molar-refractivity contribution in [3.05, 3.63) is 35.6 Å². The minimum atomic E-state index is -0.123. The van der Waals surface area contributed by atoms with E-state index < -0.39 is 0 Å². The smallest absolute Gasteiger partial charge is 0.127 e. The van der Waals surface area contributed by atoms with Gasteiger partial charge in [-0.05, 0) is 31.7 Å². The standard InChI is InChI=1S/C13H19FN2/c14-13-4-2-1-3-10(13)9-16-12-7-5-11(15)6-8-12/h1-4,11-12,16H,5-9,15H2. The van der Waals surface area contributed by atoms with Gasteiger partial charge < -0.3 is 11.1 Å². The van der Waals surface area contributed by atoms with E-state index in [4.69, 9.17) is 5.73 Å². The molecule has 3 heteroatoms. The topological polar surface area (TPSA) is 38.0 Å². The number of nitrogens with two attached hydrogens (primary N) is 1. The molecule has 0 aromatic heterocycles. The van der Waals surface area contributed by atoms with Crippen molar-refractivity contribution in [2.45, 2.75) is 44.3 Å². The molecule has 0 bridgehead atoms. The van der Waals surface area contributed by atoms with E-state index >= 15 is 0 Å². The van der Waals surface area contributed by atoms with Crippen LogP contribution < -0.4 is 11.1 Å². The van der Waals surface area contributed by atoms with Gasteiger partial charge >= 0.3 is 0 Å². The number of rotatable bonds is 3. The molecule has 88 valence electrons. The molecule has 0 saturated heterocycles. The lowest BCUT2D eigenvalue weighted by molar-refractivity contribution is 0.340. The maximum atomic E-state index is 13.3. The number of benzene rings is 1. The van der Waals surface area contributed by atoms with Crippen molar-refractivity contribution in [3.63, 3.8) is 0 Å². The highest BCUT2D eigenvalue weighted by molar-refractivity contribution is 5.17. The average Bonchev–Trinajstić information content (AvgIpc) is 2.30. The van der Waals surface area contributed by atoms with E-state index in [9.17, 15) is 4.39 Å². The normalized spacial score (nSPS) is 25.6. The van der Waals surface area contributed by atoms with E-state index in [1.54, 1.807) is 6.07 Å². The van der Waals surface area contributed by atoms with E-state index in [1.165, 1.54) is 6.07 Å². The Morgan fingerprint density at radius 2 is 1.88 bits per heavy atom. The quantitative estimate of drug-likeness (QED) is 0.822. The van der Waals surface area contributed by atoms with E-state index in [0.29, 0.717) is 18.6 Å². The first kappa shape index (κ1) is 11.6. The van der Waals surface area contributed by atoms with Crippen molar-refractivity contribution in [1.29, 1.82) is 0 Å². The van der Waals surface area contributed by atoms with Crippen LogP contribution in [0.5, 0.6) is 0 Å². The van der Waals surface area contributed by atoms with Crippen LogP contribution in [0.3, 0.4) is 0 Å². The van der Waals surface area contributed by atoms with Crippen LogP contribution in [0.1, 0.15) is 31.2 Å². The van der Waals surface area contributed by atoms with Gasteiger partial charge in [0.15, 0.2) is 0 Å². The summed E-state index contributed by atoms with van der Waals surface area (Å²) in [5.74, 6) is -0.123. The summed E-state index contributed by atoms with van der Waals surface area (Å²) in [4.78, 5) is 0. The van der Waals surface area contributed by atoms with Crippen LogP contribution in [0.4, 0.5) is 4.39 Å². The SMILES string of the molecule is NC1CCC(NCc2ccccc2F)CC1. The van der Waals surface area contributed by atoms with Crippen LogP contribution in [-0.4, -0.2) is 12.1 Å². The Kier molecular flexibility index (Phi) is 3.91. The highest BCUT2D eigenvalue weighted by Gasteiger charge is 2.17. The molecule has 0 unspecified atom stereocenters. The van der Waals surface area contributed by atoms with Gasteiger partial charge in [0.25, 0.3) is 0 Å².